The Kier molecular flexibility index (Phi) is 10.7. The number of azide groups is 1. The number of carbonyl (C=O) groups excluding carboxylic acids is 3. The third-order valence-electron chi connectivity index (χ3n) is 7.92. The van der Waals surface area contributed by atoms with Gasteiger partial charge in [-0.25, -0.2) is 9.59 Å². The second-order valence-electron chi connectivity index (χ2n) is 11.4. The zero-order valence-electron chi connectivity index (χ0n) is 25.8. The van der Waals surface area contributed by atoms with Crippen LogP contribution in [0.5, 0.6) is 0 Å². The molecular weight excluding hydrogens is 610 g/mol. The molecule has 2 aliphatic heterocycles. The number of nitrogens with one attached hydrogen (secondary N) is 1. The Hall–Kier alpha value is -5.40. The lowest BCUT2D eigenvalue weighted by molar-refractivity contribution is -0.157. The first-order valence-corrected chi connectivity index (χ1v) is 15.2. The van der Waals surface area contributed by atoms with Crippen LogP contribution in [0.3, 0.4) is 0 Å². The molecule has 3 aromatic rings. The van der Waals surface area contributed by atoms with Gasteiger partial charge in [-0.3, -0.25) is 23.9 Å². The summed E-state index contributed by atoms with van der Waals surface area (Å²) in [5, 5.41) is 3.71. The monoisotopic (exact) mass is 645 g/mol. The molecule has 47 heavy (non-hydrogen) atoms. The van der Waals surface area contributed by atoms with E-state index in [0.717, 1.165) is 11.1 Å². The van der Waals surface area contributed by atoms with E-state index in [9.17, 15) is 24.0 Å². The zero-order valence-corrected chi connectivity index (χ0v) is 25.8. The maximum Gasteiger partial charge on any atom is 0.330 e. The lowest BCUT2D eigenvalue weighted by Gasteiger charge is -2.39. The van der Waals surface area contributed by atoms with Gasteiger partial charge in [-0.05, 0) is 23.6 Å². The lowest BCUT2D eigenvalue weighted by atomic mass is 10.1. The highest BCUT2D eigenvalue weighted by atomic mass is 16.6. The molecule has 0 radical (unpaired) electrons. The number of ether oxygens (including phenoxy) is 3. The number of amides is 2. The summed E-state index contributed by atoms with van der Waals surface area (Å²) in [6.07, 6.45) is -1.36. The van der Waals surface area contributed by atoms with Crippen LogP contribution in [-0.4, -0.2) is 75.3 Å². The summed E-state index contributed by atoms with van der Waals surface area (Å²) in [5.41, 5.74) is 9.96. The molecule has 1 N–H and O–H groups in total. The summed E-state index contributed by atoms with van der Waals surface area (Å²) in [5.74, 6) is -1.31. The number of rotatable bonds is 12. The summed E-state index contributed by atoms with van der Waals surface area (Å²) in [6.45, 7) is 2.36. The average molecular weight is 646 g/mol. The van der Waals surface area contributed by atoms with E-state index in [0.29, 0.717) is 18.7 Å². The summed E-state index contributed by atoms with van der Waals surface area (Å²) < 4.78 is 18.1. The molecule has 15 heteroatoms. The van der Waals surface area contributed by atoms with Crippen LogP contribution < -0.4 is 11.2 Å². The van der Waals surface area contributed by atoms with Crippen molar-refractivity contribution in [1.82, 2.24) is 19.4 Å². The minimum absolute atomic E-state index is 0.121. The number of H-pyrrole nitrogens is 1. The molecule has 3 heterocycles. The quantitative estimate of drug-likeness (QED) is 0.134. The molecule has 0 spiro atoms. The van der Waals surface area contributed by atoms with Crippen LogP contribution >= 0.6 is 0 Å². The van der Waals surface area contributed by atoms with Gasteiger partial charge in [0.2, 0.25) is 0 Å². The van der Waals surface area contributed by atoms with Crippen LogP contribution in [0.15, 0.2) is 81.6 Å². The summed E-state index contributed by atoms with van der Waals surface area (Å²) in [7, 11) is 0. The summed E-state index contributed by atoms with van der Waals surface area (Å²) >= 11 is 0. The number of urea groups is 1. The molecule has 2 fully saturated rings. The Balaban J connectivity index is 1.14. The number of aryl methyl sites for hydroxylation is 1. The zero-order chi connectivity index (χ0) is 33.3. The number of carbonyl (C=O) groups is 3. The molecule has 3 atom stereocenters. The van der Waals surface area contributed by atoms with Crippen molar-refractivity contribution < 1.29 is 28.6 Å². The van der Waals surface area contributed by atoms with Crippen molar-refractivity contribution in [2.75, 3.05) is 19.7 Å². The Morgan fingerprint density at radius 1 is 0.957 bits per heavy atom. The lowest BCUT2D eigenvalue weighted by Crippen LogP contribution is -2.55. The third kappa shape index (κ3) is 8.66. The molecule has 0 saturated carbocycles. The van der Waals surface area contributed by atoms with E-state index in [4.69, 9.17) is 19.7 Å². The van der Waals surface area contributed by atoms with E-state index in [1.165, 1.54) is 17.7 Å². The number of esters is 2. The Labute approximate surface area is 269 Å². The molecule has 2 aliphatic rings. The van der Waals surface area contributed by atoms with E-state index in [2.05, 4.69) is 15.0 Å². The van der Waals surface area contributed by atoms with E-state index >= 15 is 0 Å². The predicted molar refractivity (Wildman–Crippen MR) is 167 cm³/mol. The predicted octanol–water partition coefficient (Wildman–Crippen LogP) is 3.18. The van der Waals surface area contributed by atoms with Crippen LogP contribution in [0.4, 0.5) is 4.79 Å². The van der Waals surface area contributed by atoms with E-state index in [1.54, 1.807) is 9.80 Å². The van der Waals surface area contributed by atoms with Crippen molar-refractivity contribution in [3.05, 3.63) is 115 Å². The second kappa shape index (κ2) is 15.3. The number of hydrogen-bond acceptors (Lipinski definition) is 9. The number of aromatic nitrogens is 2. The van der Waals surface area contributed by atoms with Gasteiger partial charge in [0.1, 0.15) is 25.0 Å². The first kappa shape index (κ1) is 33.0. The molecule has 0 bridgehead atoms. The Bertz CT molecular complexity index is 1690. The third-order valence-corrected chi connectivity index (χ3v) is 7.92. The van der Waals surface area contributed by atoms with Crippen molar-refractivity contribution in [2.45, 2.75) is 63.8 Å². The highest BCUT2D eigenvalue weighted by Crippen LogP contribution is 2.30. The fraction of sp³-hybridized carbons (Fsp3) is 0.406. The first-order chi connectivity index (χ1) is 22.7. The number of benzene rings is 2. The van der Waals surface area contributed by atoms with Crippen LogP contribution in [0.2, 0.25) is 0 Å². The van der Waals surface area contributed by atoms with Crippen LogP contribution in [0.1, 0.15) is 42.2 Å². The van der Waals surface area contributed by atoms with Crippen molar-refractivity contribution in [3.8, 4) is 0 Å². The fourth-order valence-electron chi connectivity index (χ4n) is 5.57. The molecule has 2 amide bonds. The largest absolute Gasteiger partial charge is 0.463 e. The first-order valence-electron chi connectivity index (χ1n) is 15.2. The van der Waals surface area contributed by atoms with Crippen molar-refractivity contribution in [1.29, 1.82) is 0 Å². The number of nitrogens with zero attached hydrogens (tertiary/aromatic N) is 6. The standard InChI is InChI=1S/C32H35N7O8/c1-21-15-39(31(43)34-30(21)42)27-14-25(35-36-33)26(47-27)20-45-28(40)12-13-29(41)46-24-18-37(16-22-8-4-2-5-9-22)32(44)38(19-24)17-23-10-6-3-7-11-23/h2-11,15,24-27H,12-14,16-20H2,1H3,(H,34,42,43)/t25-,26+,27+/m0/s1. The minimum atomic E-state index is -0.850. The van der Waals surface area contributed by atoms with Gasteiger partial charge >= 0.3 is 23.7 Å². The maximum absolute atomic E-state index is 13.4. The maximum atomic E-state index is 13.4. The highest BCUT2D eigenvalue weighted by Gasteiger charge is 2.37. The van der Waals surface area contributed by atoms with Gasteiger partial charge in [0.25, 0.3) is 5.56 Å². The topological polar surface area (TPSA) is 189 Å². The smallest absolute Gasteiger partial charge is 0.330 e. The Morgan fingerprint density at radius 2 is 1.55 bits per heavy atom. The van der Waals surface area contributed by atoms with Crippen LogP contribution in [-0.2, 0) is 36.9 Å². The van der Waals surface area contributed by atoms with Crippen molar-refractivity contribution >= 4 is 18.0 Å². The normalized spacial score (nSPS) is 19.7. The van der Waals surface area contributed by atoms with Crippen molar-refractivity contribution in [3.63, 3.8) is 0 Å². The van der Waals surface area contributed by atoms with Gasteiger partial charge in [-0.1, -0.05) is 65.8 Å². The molecule has 2 saturated heterocycles. The fourth-order valence-corrected chi connectivity index (χ4v) is 5.57. The van der Waals surface area contributed by atoms with E-state index < -0.39 is 47.7 Å². The molecule has 0 aliphatic carbocycles. The van der Waals surface area contributed by atoms with Gasteiger partial charge in [-0.2, -0.15) is 0 Å². The van der Waals surface area contributed by atoms with Gasteiger partial charge < -0.3 is 24.0 Å². The average Bonchev–Trinajstić information content (AvgIpc) is 3.46. The molecule has 1 aromatic heterocycles. The Morgan fingerprint density at radius 3 is 2.15 bits per heavy atom. The minimum Gasteiger partial charge on any atom is -0.463 e. The molecule has 15 nitrogen and oxygen atoms in total. The van der Waals surface area contributed by atoms with Crippen molar-refractivity contribution in [2.24, 2.45) is 5.11 Å². The van der Waals surface area contributed by atoms with Crippen LogP contribution in [0, 0.1) is 6.92 Å². The summed E-state index contributed by atoms with van der Waals surface area (Å²) in [6, 6.07) is 18.2. The number of aromatic amines is 1. The SMILES string of the molecule is Cc1cn([C@H]2C[C@H](N=[N+]=[N-])[C@@H](COC(=O)CCC(=O)OC3CN(Cc4ccccc4)C(=O)N(Cc4ccccc4)C3)O2)c(=O)[nH]c1=O. The molecule has 2 aromatic carbocycles. The second-order valence-corrected chi connectivity index (χ2v) is 11.4. The highest BCUT2D eigenvalue weighted by molar-refractivity contribution is 5.78. The molecule has 5 rings (SSSR count). The van der Waals surface area contributed by atoms with E-state index in [-0.39, 0.29) is 45.0 Å². The van der Waals surface area contributed by atoms with Crippen LogP contribution in [0.25, 0.3) is 10.4 Å². The summed E-state index contributed by atoms with van der Waals surface area (Å²) in [4.78, 5) is 71.1. The molecule has 0 unspecified atom stereocenters. The number of hydrogen-bond donors (Lipinski definition) is 1. The van der Waals surface area contributed by atoms with Gasteiger partial charge in [0.05, 0.1) is 32.0 Å². The van der Waals surface area contributed by atoms with E-state index in [1.807, 2.05) is 60.7 Å². The van der Waals surface area contributed by atoms with Gasteiger partial charge in [0.15, 0.2) is 0 Å². The van der Waals surface area contributed by atoms with Gasteiger partial charge in [-0.15, -0.1) is 0 Å². The van der Waals surface area contributed by atoms with Gasteiger partial charge in [0, 0.05) is 36.2 Å². The molecule has 246 valence electrons. The molecular formula is C32H35N7O8.